The molecule has 2 unspecified atom stereocenters. The van der Waals surface area contributed by atoms with Gasteiger partial charge in [-0.15, -0.1) is 0 Å². The van der Waals surface area contributed by atoms with Crippen molar-refractivity contribution in [3.05, 3.63) is 72.3 Å². The average molecular weight is 825 g/mol. The van der Waals surface area contributed by atoms with Crippen LogP contribution in [0.5, 0.6) is 0 Å². The van der Waals surface area contributed by atoms with Crippen molar-refractivity contribution >= 4 is 36.4 Å². The summed E-state index contributed by atoms with van der Waals surface area (Å²) >= 11 is 0. The summed E-state index contributed by atoms with van der Waals surface area (Å²) in [7, 11) is 1.29. The summed E-state index contributed by atoms with van der Waals surface area (Å²) in [4.78, 5) is 70.1. The smallest absolute Gasteiger partial charge is 0.411 e. The van der Waals surface area contributed by atoms with Crippen molar-refractivity contribution in [2.75, 3.05) is 40.0 Å². The van der Waals surface area contributed by atoms with Crippen molar-refractivity contribution in [2.45, 2.75) is 103 Å². The Morgan fingerprint density at radius 1 is 0.967 bits per heavy atom. The van der Waals surface area contributed by atoms with Crippen molar-refractivity contribution in [1.82, 2.24) is 35.3 Å². The first-order valence-corrected chi connectivity index (χ1v) is 21.0. The first-order chi connectivity index (χ1) is 28.8. The van der Waals surface area contributed by atoms with Gasteiger partial charge in [-0.2, -0.15) is 0 Å². The van der Waals surface area contributed by atoms with Gasteiger partial charge in [0.1, 0.15) is 30.2 Å². The van der Waals surface area contributed by atoms with Crippen molar-refractivity contribution in [3.8, 4) is 22.4 Å². The molecule has 3 fully saturated rings. The van der Waals surface area contributed by atoms with Gasteiger partial charge in [0, 0.05) is 38.5 Å². The number of hydrogen-bond acceptors (Lipinski definition) is 10. The molecule has 4 amide bonds. The molecule has 0 bridgehead atoms. The Morgan fingerprint density at radius 3 is 2.23 bits per heavy atom. The fourth-order valence-corrected chi connectivity index (χ4v) is 8.11. The van der Waals surface area contributed by atoms with Gasteiger partial charge in [-0.25, -0.2) is 14.6 Å². The molecular formula is C45H60N8O7. The van der Waals surface area contributed by atoms with Crippen LogP contribution in [0.1, 0.15) is 90.6 Å². The number of aromatic nitrogens is 2. The van der Waals surface area contributed by atoms with Gasteiger partial charge >= 0.3 is 12.2 Å². The Bertz CT molecular complexity index is 2000. The Morgan fingerprint density at radius 2 is 1.60 bits per heavy atom. The molecule has 3 aliphatic rings. The average Bonchev–Trinajstić information content (AvgIpc) is 4.03. The van der Waals surface area contributed by atoms with Crippen LogP contribution in [-0.2, 0) is 23.8 Å². The minimum Gasteiger partial charge on any atom is -0.453 e. The number of amides is 4. The lowest BCUT2D eigenvalue weighted by molar-refractivity contribution is -0.135. The third-order valence-corrected chi connectivity index (χ3v) is 11.2. The lowest BCUT2D eigenvalue weighted by Crippen LogP contribution is -2.53. The zero-order chi connectivity index (χ0) is 43.0. The van der Waals surface area contributed by atoms with Gasteiger partial charge in [0.05, 0.1) is 30.7 Å². The van der Waals surface area contributed by atoms with Crippen LogP contribution in [0.3, 0.4) is 0 Å². The molecule has 0 saturated carbocycles. The number of aromatic amines is 1. The van der Waals surface area contributed by atoms with Gasteiger partial charge in [0.25, 0.3) is 0 Å². The van der Waals surface area contributed by atoms with E-state index in [4.69, 9.17) is 14.2 Å². The third-order valence-electron chi connectivity index (χ3n) is 11.2. The van der Waals surface area contributed by atoms with E-state index in [1.165, 1.54) is 7.11 Å². The summed E-state index contributed by atoms with van der Waals surface area (Å²) in [6, 6.07) is 15.3. The topological polar surface area (TPSA) is 171 Å². The van der Waals surface area contributed by atoms with Crippen molar-refractivity contribution in [2.24, 2.45) is 10.9 Å². The van der Waals surface area contributed by atoms with E-state index in [2.05, 4.69) is 44.4 Å². The molecule has 15 heteroatoms. The van der Waals surface area contributed by atoms with Gasteiger partial charge in [0.15, 0.2) is 0 Å². The minimum absolute atomic E-state index is 0.0673. The van der Waals surface area contributed by atoms with Gasteiger partial charge in [0.2, 0.25) is 11.8 Å². The van der Waals surface area contributed by atoms with Crippen LogP contribution in [-0.4, -0.2) is 119 Å². The van der Waals surface area contributed by atoms with E-state index >= 15 is 0 Å². The molecule has 6 rings (SSSR count). The van der Waals surface area contributed by atoms with Crippen LogP contribution in [0.2, 0.25) is 0 Å². The van der Waals surface area contributed by atoms with Crippen LogP contribution < -0.4 is 10.6 Å². The maximum atomic E-state index is 13.9. The molecule has 3 atom stereocenters. The molecule has 4 heterocycles. The fourth-order valence-electron chi connectivity index (χ4n) is 8.11. The Balaban J connectivity index is 1.10. The first kappa shape index (κ1) is 43.9. The van der Waals surface area contributed by atoms with Gasteiger partial charge in [-0.1, -0.05) is 62.4 Å². The zero-order valence-electron chi connectivity index (χ0n) is 35.7. The van der Waals surface area contributed by atoms with E-state index in [0.29, 0.717) is 45.0 Å². The van der Waals surface area contributed by atoms with Gasteiger partial charge < -0.3 is 39.6 Å². The molecule has 60 heavy (non-hydrogen) atoms. The number of nitrogens with one attached hydrogen (secondary N) is 3. The summed E-state index contributed by atoms with van der Waals surface area (Å²) < 4.78 is 16.0. The number of H-pyrrole nitrogens is 1. The summed E-state index contributed by atoms with van der Waals surface area (Å²) in [6.45, 7) is 15.1. The molecule has 0 aliphatic carbocycles. The van der Waals surface area contributed by atoms with Crippen LogP contribution in [0.4, 0.5) is 9.59 Å². The molecule has 322 valence electrons. The quantitative estimate of drug-likeness (QED) is 0.158. The van der Waals surface area contributed by atoms with Crippen LogP contribution in [0.25, 0.3) is 28.1 Å². The third kappa shape index (κ3) is 10.7. The SMILES string of the molecule is C=N/C=C(\NC1CCCN1C(=O)CN(C(=O)OC(C)(C)C)C1CCOCC1)c1ccc(-c2ccc(-c3cnc(C4CCCN4C(=O)[C@@H](NC(=O)OC)C(C)C)[nH]3)cc2)cc1. The zero-order valence-corrected chi connectivity index (χ0v) is 35.7. The van der Waals surface area contributed by atoms with Gasteiger partial charge in [-0.3, -0.25) is 19.5 Å². The number of aliphatic imine (C=N–C) groups is 1. The predicted octanol–water partition coefficient (Wildman–Crippen LogP) is 6.74. The monoisotopic (exact) mass is 824 g/mol. The number of imidazole rings is 1. The normalized spacial score (nSPS) is 19.2. The molecule has 0 radical (unpaired) electrons. The molecule has 0 spiro atoms. The highest BCUT2D eigenvalue weighted by atomic mass is 16.6. The van der Waals surface area contributed by atoms with Gasteiger partial charge in [-0.05, 0) is 94.2 Å². The summed E-state index contributed by atoms with van der Waals surface area (Å²) in [6.07, 6.45) is 6.55. The second kappa shape index (κ2) is 19.6. The second-order valence-electron chi connectivity index (χ2n) is 17.0. The summed E-state index contributed by atoms with van der Waals surface area (Å²) in [5.74, 6) is 0.313. The molecule has 3 aliphatic heterocycles. The maximum absolute atomic E-state index is 13.9. The van der Waals surface area contributed by atoms with E-state index < -0.39 is 23.8 Å². The molecule has 3 N–H and O–H groups in total. The molecule has 3 saturated heterocycles. The van der Waals surface area contributed by atoms with E-state index in [-0.39, 0.29) is 42.5 Å². The predicted molar refractivity (Wildman–Crippen MR) is 229 cm³/mol. The Labute approximate surface area is 352 Å². The number of likely N-dealkylation sites (tertiary alicyclic amines) is 2. The van der Waals surface area contributed by atoms with Crippen molar-refractivity contribution < 1.29 is 33.4 Å². The van der Waals surface area contributed by atoms with Crippen LogP contribution >= 0.6 is 0 Å². The van der Waals surface area contributed by atoms with Crippen molar-refractivity contribution in [3.63, 3.8) is 0 Å². The molecule has 15 nitrogen and oxygen atoms in total. The first-order valence-electron chi connectivity index (χ1n) is 21.0. The largest absolute Gasteiger partial charge is 0.453 e. The standard InChI is InChI=1S/C45H60N8O7/c1-29(2)40(50-43(56)58-7)42(55)51-22-8-10-37(51)41-47-27-36(49-41)33-18-14-31(15-19-33)30-12-16-32(17-13-30)35(26-46-6)48-38-11-9-23-52(38)39(54)28-53(34-20-24-59-25-21-34)44(57)60-45(3,4)5/h12-19,26-27,29,34,37-38,40,48H,6,8-11,20-25,28H2,1-5,7H3,(H,47,49)(H,50,56)/b35-26-/t37?,38?,40-/m0/s1. The Kier molecular flexibility index (Phi) is 14.3. The molecule has 2 aromatic carbocycles. The minimum atomic E-state index is -0.697. The van der Waals surface area contributed by atoms with Crippen molar-refractivity contribution in [1.29, 1.82) is 0 Å². The highest BCUT2D eigenvalue weighted by molar-refractivity contribution is 5.86. The highest BCUT2D eigenvalue weighted by Gasteiger charge is 2.38. The summed E-state index contributed by atoms with van der Waals surface area (Å²) in [5.41, 5.74) is 4.81. The number of hydrogen-bond donors (Lipinski definition) is 3. The molecule has 1 aromatic heterocycles. The second-order valence-corrected chi connectivity index (χ2v) is 17.0. The van der Waals surface area contributed by atoms with Crippen LogP contribution in [0.15, 0.2) is 65.9 Å². The van der Waals surface area contributed by atoms with E-state index in [9.17, 15) is 19.2 Å². The maximum Gasteiger partial charge on any atom is 0.411 e. The van der Waals surface area contributed by atoms with E-state index in [1.807, 2.05) is 75.9 Å². The lowest BCUT2D eigenvalue weighted by atomic mass is 10.0. The Hall–Kier alpha value is -5.70. The number of nitrogens with zero attached hydrogens (tertiary/aromatic N) is 5. The number of methoxy groups -OCH3 is 1. The molecular weight excluding hydrogens is 765 g/mol. The number of carbonyl (C=O) groups excluding carboxylic acids is 4. The highest BCUT2D eigenvalue weighted by Crippen LogP contribution is 2.33. The van der Waals surface area contributed by atoms with E-state index in [1.54, 1.807) is 22.2 Å². The number of benzene rings is 2. The number of alkyl carbamates (subject to hydrolysis) is 1. The summed E-state index contributed by atoms with van der Waals surface area (Å²) in [5, 5.41) is 6.24. The lowest BCUT2D eigenvalue weighted by Gasteiger charge is -2.36. The number of carbonyl (C=O) groups is 4. The fraction of sp³-hybridized carbons (Fsp3) is 0.511. The number of ether oxygens (including phenoxy) is 3. The van der Waals surface area contributed by atoms with Crippen LogP contribution in [0, 0.1) is 5.92 Å². The number of rotatable bonds is 13. The van der Waals surface area contributed by atoms with E-state index in [0.717, 1.165) is 59.3 Å². The molecule has 3 aromatic rings.